The standard InChI is InChI=1S/C17H27NO2/c1-4-10-20-17-11-13(2)8-9-16(17)18-14-6-5-7-15(12-14)19-3/h8-9,11,14-15,18H,4-7,10,12H2,1-3H3. The molecule has 0 aromatic heterocycles. The van der Waals surface area contributed by atoms with Crippen molar-refractivity contribution in [3.63, 3.8) is 0 Å². The summed E-state index contributed by atoms with van der Waals surface area (Å²) in [7, 11) is 1.81. The second-order valence-electron chi connectivity index (χ2n) is 5.71. The van der Waals surface area contributed by atoms with E-state index < -0.39 is 0 Å². The highest BCUT2D eigenvalue weighted by molar-refractivity contribution is 5.58. The van der Waals surface area contributed by atoms with Gasteiger partial charge >= 0.3 is 0 Å². The van der Waals surface area contributed by atoms with Gasteiger partial charge in [-0.1, -0.05) is 13.0 Å². The summed E-state index contributed by atoms with van der Waals surface area (Å²) in [4.78, 5) is 0. The van der Waals surface area contributed by atoms with E-state index in [2.05, 4.69) is 37.4 Å². The van der Waals surface area contributed by atoms with Crippen LogP contribution in [0, 0.1) is 6.92 Å². The highest BCUT2D eigenvalue weighted by atomic mass is 16.5. The first-order valence-electron chi connectivity index (χ1n) is 7.75. The number of ether oxygens (including phenoxy) is 2. The van der Waals surface area contributed by atoms with Gasteiger partial charge in [-0.05, 0) is 56.7 Å². The van der Waals surface area contributed by atoms with Crippen molar-refractivity contribution in [2.45, 2.75) is 58.1 Å². The third-order valence-electron chi connectivity index (χ3n) is 3.92. The smallest absolute Gasteiger partial charge is 0.142 e. The lowest BCUT2D eigenvalue weighted by Gasteiger charge is -2.30. The molecule has 3 nitrogen and oxygen atoms in total. The molecular formula is C17H27NO2. The summed E-state index contributed by atoms with van der Waals surface area (Å²) in [5.41, 5.74) is 2.35. The summed E-state index contributed by atoms with van der Waals surface area (Å²) in [5, 5.41) is 3.64. The number of hydrogen-bond acceptors (Lipinski definition) is 3. The topological polar surface area (TPSA) is 30.5 Å². The monoisotopic (exact) mass is 277 g/mol. The zero-order chi connectivity index (χ0) is 14.4. The first-order valence-corrected chi connectivity index (χ1v) is 7.75. The predicted molar refractivity (Wildman–Crippen MR) is 83.6 cm³/mol. The van der Waals surface area contributed by atoms with Crippen LogP contribution in [0.25, 0.3) is 0 Å². The van der Waals surface area contributed by atoms with Crippen LogP contribution in [0.1, 0.15) is 44.6 Å². The third-order valence-corrected chi connectivity index (χ3v) is 3.92. The largest absolute Gasteiger partial charge is 0.491 e. The van der Waals surface area contributed by atoms with Crippen molar-refractivity contribution >= 4 is 5.69 Å². The molecule has 0 aliphatic heterocycles. The van der Waals surface area contributed by atoms with Gasteiger partial charge in [0.05, 0.1) is 18.4 Å². The average Bonchev–Trinajstić information content (AvgIpc) is 2.47. The van der Waals surface area contributed by atoms with Crippen molar-refractivity contribution < 1.29 is 9.47 Å². The average molecular weight is 277 g/mol. The number of benzene rings is 1. The molecule has 0 amide bonds. The number of hydrogen-bond donors (Lipinski definition) is 1. The minimum atomic E-state index is 0.395. The summed E-state index contributed by atoms with van der Waals surface area (Å²) >= 11 is 0. The van der Waals surface area contributed by atoms with E-state index in [9.17, 15) is 0 Å². The van der Waals surface area contributed by atoms with Crippen molar-refractivity contribution in [2.24, 2.45) is 0 Å². The van der Waals surface area contributed by atoms with E-state index in [0.29, 0.717) is 12.1 Å². The molecule has 0 heterocycles. The second kappa shape index (κ2) is 7.53. The van der Waals surface area contributed by atoms with Gasteiger partial charge in [0, 0.05) is 13.2 Å². The predicted octanol–water partition coefficient (Wildman–Crippen LogP) is 4.15. The Kier molecular flexibility index (Phi) is 5.72. The van der Waals surface area contributed by atoms with E-state index >= 15 is 0 Å². The molecular weight excluding hydrogens is 250 g/mol. The van der Waals surface area contributed by atoms with Gasteiger partial charge in [0.15, 0.2) is 0 Å². The van der Waals surface area contributed by atoms with Crippen LogP contribution in [0.2, 0.25) is 0 Å². The third kappa shape index (κ3) is 4.14. The number of methoxy groups -OCH3 is 1. The first kappa shape index (κ1) is 15.2. The van der Waals surface area contributed by atoms with Gasteiger partial charge in [-0.25, -0.2) is 0 Å². The molecule has 20 heavy (non-hydrogen) atoms. The molecule has 0 saturated heterocycles. The molecule has 1 aromatic rings. The lowest BCUT2D eigenvalue weighted by Crippen LogP contribution is -2.31. The summed E-state index contributed by atoms with van der Waals surface area (Å²) in [6.45, 7) is 5.00. The molecule has 1 aliphatic rings. The van der Waals surface area contributed by atoms with E-state index in [0.717, 1.165) is 30.9 Å². The van der Waals surface area contributed by atoms with Gasteiger partial charge in [-0.15, -0.1) is 0 Å². The van der Waals surface area contributed by atoms with Crippen LogP contribution in [-0.4, -0.2) is 25.9 Å². The Bertz CT molecular complexity index is 419. The molecule has 2 unspecified atom stereocenters. The fourth-order valence-electron chi connectivity index (χ4n) is 2.79. The van der Waals surface area contributed by atoms with Crippen LogP contribution in [0.5, 0.6) is 5.75 Å². The fourth-order valence-corrected chi connectivity index (χ4v) is 2.79. The second-order valence-corrected chi connectivity index (χ2v) is 5.71. The van der Waals surface area contributed by atoms with Crippen LogP contribution in [-0.2, 0) is 4.74 Å². The normalized spacial score (nSPS) is 22.6. The summed E-state index contributed by atoms with van der Waals surface area (Å²) < 4.78 is 11.4. The Hall–Kier alpha value is -1.22. The Morgan fingerprint density at radius 3 is 2.90 bits per heavy atom. The van der Waals surface area contributed by atoms with E-state index in [4.69, 9.17) is 9.47 Å². The van der Waals surface area contributed by atoms with Crippen molar-refractivity contribution in [2.75, 3.05) is 19.0 Å². The maximum Gasteiger partial charge on any atom is 0.142 e. The molecule has 1 fully saturated rings. The Morgan fingerprint density at radius 1 is 1.30 bits per heavy atom. The van der Waals surface area contributed by atoms with Crippen LogP contribution in [0.4, 0.5) is 5.69 Å². The van der Waals surface area contributed by atoms with Gasteiger partial charge in [-0.3, -0.25) is 0 Å². The molecule has 0 spiro atoms. The van der Waals surface area contributed by atoms with Crippen LogP contribution in [0.3, 0.4) is 0 Å². The van der Waals surface area contributed by atoms with E-state index in [1.807, 2.05) is 7.11 Å². The summed E-state index contributed by atoms with van der Waals surface area (Å²) in [6, 6.07) is 6.88. The van der Waals surface area contributed by atoms with Gasteiger partial charge in [0.1, 0.15) is 5.75 Å². The van der Waals surface area contributed by atoms with E-state index in [1.165, 1.54) is 24.8 Å². The van der Waals surface area contributed by atoms with Gasteiger partial charge in [0.2, 0.25) is 0 Å². The zero-order valence-corrected chi connectivity index (χ0v) is 12.9. The van der Waals surface area contributed by atoms with E-state index in [-0.39, 0.29) is 0 Å². The maximum atomic E-state index is 5.87. The van der Waals surface area contributed by atoms with Crippen LogP contribution in [0.15, 0.2) is 18.2 Å². The zero-order valence-electron chi connectivity index (χ0n) is 12.9. The Balaban J connectivity index is 2.03. The first-order chi connectivity index (χ1) is 9.72. The van der Waals surface area contributed by atoms with Gasteiger partial charge < -0.3 is 14.8 Å². The van der Waals surface area contributed by atoms with Crippen molar-refractivity contribution in [3.05, 3.63) is 23.8 Å². The summed E-state index contributed by atoms with van der Waals surface area (Å²) in [6.07, 6.45) is 6.13. The lowest BCUT2D eigenvalue weighted by molar-refractivity contribution is 0.0669. The van der Waals surface area contributed by atoms with Crippen LogP contribution >= 0.6 is 0 Å². The minimum Gasteiger partial charge on any atom is -0.491 e. The Morgan fingerprint density at radius 2 is 2.15 bits per heavy atom. The quantitative estimate of drug-likeness (QED) is 0.847. The fraction of sp³-hybridized carbons (Fsp3) is 0.647. The molecule has 1 N–H and O–H groups in total. The highest BCUT2D eigenvalue weighted by Gasteiger charge is 2.22. The highest BCUT2D eigenvalue weighted by Crippen LogP contribution is 2.30. The van der Waals surface area contributed by atoms with E-state index in [1.54, 1.807) is 0 Å². The molecule has 2 atom stereocenters. The minimum absolute atomic E-state index is 0.395. The Labute approximate surface area is 122 Å². The number of rotatable bonds is 6. The number of anilines is 1. The molecule has 1 aromatic carbocycles. The SMILES string of the molecule is CCCOc1cc(C)ccc1NC1CCCC(OC)C1. The maximum absolute atomic E-state index is 5.87. The van der Waals surface area contributed by atoms with Crippen LogP contribution < -0.4 is 10.1 Å². The molecule has 1 saturated carbocycles. The van der Waals surface area contributed by atoms with Crippen molar-refractivity contribution in [1.82, 2.24) is 0 Å². The number of aryl methyl sites for hydroxylation is 1. The lowest BCUT2D eigenvalue weighted by atomic mass is 9.92. The van der Waals surface area contributed by atoms with Gasteiger partial charge in [-0.2, -0.15) is 0 Å². The number of nitrogens with one attached hydrogen (secondary N) is 1. The van der Waals surface area contributed by atoms with Crippen molar-refractivity contribution in [1.29, 1.82) is 0 Å². The molecule has 3 heteroatoms. The summed E-state index contributed by atoms with van der Waals surface area (Å²) in [5.74, 6) is 0.978. The molecule has 112 valence electrons. The molecule has 2 rings (SSSR count). The molecule has 0 radical (unpaired) electrons. The van der Waals surface area contributed by atoms with Crippen molar-refractivity contribution in [3.8, 4) is 5.75 Å². The van der Waals surface area contributed by atoms with Gasteiger partial charge in [0.25, 0.3) is 0 Å². The molecule has 1 aliphatic carbocycles. The molecule has 0 bridgehead atoms.